The van der Waals surface area contributed by atoms with Gasteiger partial charge in [-0.3, -0.25) is 14.5 Å². The molecule has 2 aromatic heterocycles. The number of fused-ring (bicyclic) bond motifs is 2. The molecule has 0 bridgehead atoms. The number of hydrogen-bond donors (Lipinski definition) is 0. The van der Waals surface area contributed by atoms with Crippen LogP contribution in [0.5, 0.6) is 11.5 Å². The quantitative estimate of drug-likeness (QED) is 0.311. The molecule has 36 heavy (non-hydrogen) atoms. The smallest absolute Gasteiger partial charge is 0.296 e. The number of pyridine rings is 1. The second-order valence-corrected chi connectivity index (χ2v) is 9.06. The molecule has 0 radical (unpaired) electrons. The summed E-state index contributed by atoms with van der Waals surface area (Å²) in [7, 11) is 1.57. The van der Waals surface area contributed by atoms with E-state index in [1.165, 1.54) is 4.90 Å². The summed E-state index contributed by atoms with van der Waals surface area (Å²) < 4.78 is 17.6. The van der Waals surface area contributed by atoms with E-state index in [0.717, 1.165) is 24.0 Å². The van der Waals surface area contributed by atoms with Gasteiger partial charge in [0.25, 0.3) is 5.91 Å². The number of aromatic nitrogens is 1. The van der Waals surface area contributed by atoms with Crippen molar-refractivity contribution in [2.75, 3.05) is 18.6 Å². The normalized spacial score (nSPS) is 14.8. The summed E-state index contributed by atoms with van der Waals surface area (Å²) in [6, 6.07) is 13.8. The van der Waals surface area contributed by atoms with Crippen molar-refractivity contribution < 1.29 is 18.7 Å². The van der Waals surface area contributed by atoms with E-state index < -0.39 is 11.9 Å². The second-order valence-electron chi connectivity index (χ2n) is 9.06. The zero-order valence-corrected chi connectivity index (χ0v) is 20.8. The minimum atomic E-state index is -0.734. The van der Waals surface area contributed by atoms with Gasteiger partial charge in [0, 0.05) is 6.20 Å². The van der Waals surface area contributed by atoms with Crippen molar-refractivity contribution in [3.8, 4) is 11.5 Å². The molecule has 1 amide bonds. The molecule has 1 aliphatic rings. The lowest BCUT2D eigenvalue weighted by Crippen LogP contribution is -2.30. The van der Waals surface area contributed by atoms with E-state index in [-0.39, 0.29) is 11.2 Å². The third-order valence-corrected chi connectivity index (χ3v) is 6.43. The van der Waals surface area contributed by atoms with E-state index in [0.29, 0.717) is 46.0 Å². The molecule has 4 aromatic rings. The Hall–Kier alpha value is -4.13. The molecule has 0 fully saturated rings. The van der Waals surface area contributed by atoms with E-state index in [1.54, 1.807) is 31.5 Å². The summed E-state index contributed by atoms with van der Waals surface area (Å²) in [6.45, 7) is 6.52. The zero-order valence-electron chi connectivity index (χ0n) is 20.8. The minimum absolute atomic E-state index is 0.0333. The first-order valence-corrected chi connectivity index (χ1v) is 12.1. The number of benzene rings is 2. The molecule has 1 atom stereocenters. The Labute approximate surface area is 209 Å². The van der Waals surface area contributed by atoms with Crippen LogP contribution >= 0.6 is 0 Å². The molecular formula is C29H28N2O5. The van der Waals surface area contributed by atoms with Gasteiger partial charge < -0.3 is 13.9 Å². The number of ether oxygens (including phenoxy) is 2. The fourth-order valence-corrected chi connectivity index (χ4v) is 4.54. The number of unbranched alkanes of at least 4 members (excludes halogenated alkanes) is 1. The monoisotopic (exact) mass is 484 g/mol. The molecule has 0 N–H and O–H groups in total. The number of rotatable bonds is 7. The number of anilines is 1. The fourth-order valence-electron chi connectivity index (χ4n) is 4.54. The summed E-state index contributed by atoms with van der Waals surface area (Å²) >= 11 is 0. The van der Waals surface area contributed by atoms with Gasteiger partial charge in [-0.2, -0.15) is 0 Å². The highest BCUT2D eigenvalue weighted by Gasteiger charge is 2.44. The zero-order chi connectivity index (χ0) is 25.4. The van der Waals surface area contributed by atoms with Crippen LogP contribution in [0.1, 0.15) is 58.6 Å². The first-order chi connectivity index (χ1) is 17.4. The number of carbonyl (C=O) groups excluding carboxylic acids is 1. The van der Waals surface area contributed by atoms with E-state index in [9.17, 15) is 9.59 Å². The Kier molecular flexibility index (Phi) is 6.22. The van der Waals surface area contributed by atoms with Gasteiger partial charge in [0.2, 0.25) is 5.76 Å². The van der Waals surface area contributed by atoms with Crippen LogP contribution in [-0.4, -0.2) is 24.6 Å². The average Bonchev–Trinajstić information content (AvgIpc) is 3.17. The van der Waals surface area contributed by atoms with Gasteiger partial charge in [0.1, 0.15) is 11.4 Å². The van der Waals surface area contributed by atoms with Gasteiger partial charge in [-0.1, -0.05) is 37.1 Å². The van der Waals surface area contributed by atoms with E-state index >= 15 is 0 Å². The molecule has 2 aromatic carbocycles. The largest absolute Gasteiger partial charge is 0.493 e. The summed E-state index contributed by atoms with van der Waals surface area (Å²) in [5, 5.41) is 0.441. The van der Waals surface area contributed by atoms with Gasteiger partial charge in [-0.05, 0) is 61.7 Å². The van der Waals surface area contributed by atoms with Crippen molar-refractivity contribution in [2.24, 2.45) is 0 Å². The van der Waals surface area contributed by atoms with Crippen LogP contribution in [0.4, 0.5) is 5.82 Å². The highest BCUT2D eigenvalue weighted by Crippen LogP contribution is 2.42. The molecule has 0 saturated carbocycles. The van der Waals surface area contributed by atoms with Gasteiger partial charge in [0.15, 0.2) is 16.9 Å². The molecule has 3 heterocycles. The van der Waals surface area contributed by atoms with Crippen molar-refractivity contribution in [1.29, 1.82) is 0 Å². The van der Waals surface area contributed by atoms with Crippen molar-refractivity contribution in [3.05, 3.63) is 93.0 Å². The van der Waals surface area contributed by atoms with Gasteiger partial charge in [0.05, 0.1) is 30.7 Å². The van der Waals surface area contributed by atoms with Crippen LogP contribution in [0.25, 0.3) is 11.0 Å². The Morgan fingerprint density at radius 2 is 1.81 bits per heavy atom. The molecular weight excluding hydrogens is 456 g/mol. The highest BCUT2D eigenvalue weighted by molar-refractivity contribution is 6.10. The SMILES string of the molecule is CCCCOc1ccc(C2c3c(oc4ccc(C)cc4c3=O)C(=O)N2c2ccc(C)cn2)cc1OC. The molecule has 5 rings (SSSR count). The van der Waals surface area contributed by atoms with E-state index in [4.69, 9.17) is 13.9 Å². The lowest BCUT2D eigenvalue weighted by atomic mass is 9.97. The van der Waals surface area contributed by atoms with Crippen molar-refractivity contribution in [1.82, 2.24) is 4.98 Å². The predicted octanol–water partition coefficient (Wildman–Crippen LogP) is 5.74. The maximum Gasteiger partial charge on any atom is 0.296 e. The molecule has 184 valence electrons. The van der Waals surface area contributed by atoms with Crippen LogP contribution in [0, 0.1) is 13.8 Å². The van der Waals surface area contributed by atoms with E-state index in [1.807, 2.05) is 44.2 Å². The lowest BCUT2D eigenvalue weighted by Gasteiger charge is -2.25. The number of methoxy groups -OCH3 is 1. The number of aryl methyl sites for hydroxylation is 2. The van der Waals surface area contributed by atoms with Crippen LogP contribution in [0.15, 0.2) is 63.9 Å². The summed E-state index contributed by atoms with van der Waals surface area (Å²) in [6.07, 6.45) is 3.64. The Balaban J connectivity index is 1.71. The molecule has 7 nitrogen and oxygen atoms in total. The first kappa shape index (κ1) is 23.6. The Morgan fingerprint density at radius 1 is 1.00 bits per heavy atom. The van der Waals surface area contributed by atoms with Crippen LogP contribution in [0.2, 0.25) is 0 Å². The molecule has 0 aliphatic carbocycles. The van der Waals surface area contributed by atoms with Gasteiger partial charge in [-0.25, -0.2) is 4.98 Å². The summed E-state index contributed by atoms with van der Waals surface area (Å²) in [5.41, 5.74) is 3.04. The fraction of sp³-hybridized carbons (Fsp3) is 0.276. The topological polar surface area (TPSA) is 81.9 Å². The maximum atomic E-state index is 13.8. The summed E-state index contributed by atoms with van der Waals surface area (Å²) in [4.78, 5) is 33.6. The molecule has 1 unspecified atom stereocenters. The number of nitrogens with zero attached hydrogens (tertiary/aromatic N) is 2. The third-order valence-electron chi connectivity index (χ3n) is 6.43. The number of amides is 1. The van der Waals surface area contributed by atoms with Crippen molar-refractivity contribution >= 4 is 22.7 Å². The van der Waals surface area contributed by atoms with Gasteiger partial charge >= 0.3 is 0 Å². The van der Waals surface area contributed by atoms with Gasteiger partial charge in [-0.15, -0.1) is 0 Å². The molecule has 1 aliphatic heterocycles. The lowest BCUT2D eigenvalue weighted by molar-refractivity contribution is 0.0970. The average molecular weight is 485 g/mol. The Bertz CT molecular complexity index is 1510. The van der Waals surface area contributed by atoms with Crippen molar-refractivity contribution in [3.63, 3.8) is 0 Å². The van der Waals surface area contributed by atoms with Crippen LogP contribution in [0.3, 0.4) is 0 Å². The first-order valence-electron chi connectivity index (χ1n) is 12.1. The van der Waals surface area contributed by atoms with Crippen molar-refractivity contribution in [2.45, 2.75) is 39.7 Å². The second kappa shape index (κ2) is 9.49. The molecule has 0 saturated heterocycles. The highest BCUT2D eigenvalue weighted by atomic mass is 16.5. The Morgan fingerprint density at radius 3 is 2.53 bits per heavy atom. The molecule has 0 spiro atoms. The maximum absolute atomic E-state index is 13.8. The van der Waals surface area contributed by atoms with E-state index in [2.05, 4.69) is 11.9 Å². The van der Waals surface area contributed by atoms with Crippen LogP contribution in [-0.2, 0) is 0 Å². The summed E-state index contributed by atoms with van der Waals surface area (Å²) in [5.74, 6) is 1.20. The van der Waals surface area contributed by atoms with Crippen LogP contribution < -0.4 is 19.8 Å². The molecule has 7 heteroatoms. The number of carbonyl (C=O) groups is 1. The standard InChI is InChI=1S/C29H28N2O5/c1-5-6-13-35-22-11-9-19(15-23(22)34-4)26-25-27(32)20-14-17(2)7-10-21(20)36-28(25)29(33)31(26)24-12-8-18(3)16-30-24/h7-12,14-16,26H,5-6,13H2,1-4H3. The third kappa shape index (κ3) is 4.00. The number of hydrogen-bond acceptors (Lipinski definition) is 6. The minimum Gasteiger partial charge on any atom is -0.493 e. The predicted molar refractivity (Wildman–Crippen MR) is 138 cm³/mol.